The van der Waals surface area contributed by atoms with Gasteiger partial charge in [-0.1, -0.05) is 43.2 Å². The Balaban J connectivity index is 1.51. The Hall–Kier alpha value is -2.66. The Bertz CT molecular complexity index is 1080. The normalized spacial score (nSPS) is 15.1. The quantitative estimate of drug-likeness (QED) is 0.708. The van der Waals surface area contributed by atoms with Gasteiger partial charge in [0.05, 0.1) is 10.1 Å². The summed E-state index contributed by atoms with van der Waals surface area (Å²) in [7, 11) is -3.27. The molecule has 1 aliphatic carbocycles. The van der Waals surface area contributed by atoms with Crippen molar-refractivity contribution >= 4 is 32.2 Å². The van der Waals surface area contributed by atoms with Crippen LogP contribution in [-0.4, -0.2) is 19.6 Å². The van der Waals surface area contributed by atoms with Gasteiger partial charge >= 0.3 is 0 Å². The average Bonchev–Trinajstić information content (AvgIpc) is 3.24. The maximum Gasteiger partial charge on any atom is 0.255 e. The third-order valence-corrected chi connectivity index (χ3v) is 7.47. The second-order valence-corrected chi connectivity index (χ2v) is 9.22. The molecule has 1 amide bonds. The van der Waals surface area contributed by atoms with Crippen LogP contribution < -0.4 is 5.32 Å². The number of carbonyl (C=O) groups is 1. The number of anilines is 1. The number of benzene rings is 3. The first kappa shape index (κ1) is 17.7. The van der Waals surface area contributed by atoms with Crippen LogP contribution in [0.4, 0.5) is 5.69 Å². The highest BCUT2D eigenvalue weighted by molar-refractivity contribution is 7.92. The van der Waals surface area contributed by atoms with Crippen molar-refractivity contribution in [1.29, 1.82) is 0 Å². The molecule has 0 heterocycles. The smallest absolute Gasteiger partial charge is 0.255 e. The van der Waals surface area contributed by atoms with Crippen LogP contribution in [0.2, 0.25) is 0 Å². The molecule has 138 valence electrons. The van der Waals surface area contributed by atoms with E-state index in [1.807, 2.05) is 36.4 Å². The lowest BCUT2D eigenvalue weighted by atomic mass is 10.1. The van der Waals surface area contributed by atoms with E-state index in [2.05, 4.69) is 5.32 Å². The molecule has 0 unspecified atom stereocenters. The number of fused-ring (bicyclic) bond motifs is 1. The predicted molar refractivity (Wildman–Crippen MR) is 108 cm³/mol. The van der Waals surface area contributed by atoms with E-state index in [1.165, 1.54) is 0 Å². The lowest BCUT2D eigenvalue weighted by Crippen LogP contribution is -2.18. The van der Waals surface area contributed by atoms with Crippen LogP contribution in [0, 0.1) is 0 Å². The van der Waals surface area contributed by atoms with Gasteiger partial charge in [0.25, 0.3) is 5.91 Å². The molecule has 1 fully saturated rings. The Labute approximate surface area is 159 Å². The predicted octanol–water partition coefficient (Wildman–Crippen LogP) is 4.81. The number of carbonyl (C=O) groups excluding carboxylic acids is 1. The van der Waals surface area contributed by atoms with Gasteiger partial charge < -0.3 is 5.32 Å². The number of hydrogen-bond donors (Lipinski definition) is 1. The molecule has 4 nitrogen and oxygen atoms in total. The van der Waals surface area contributed by atoms with E-state index in [-0.39, 0.29) is 11.2 Å². The monoisotopic (exact) mass is 379 g/mol. The van der Waals surface area contributed by atoms with Crippen molar-refractivity contribution in [1.82, 2.24) is 0 Å². The van der Waals surface area contributed by atoms with Crippen molar-refractivity contribution in [3.8, 4) is 0 Å². The van der Waals surface area contributed by atoms with Crippen molar-refractivity contribution in [2.45, 2.75) is 35.8 Å². The summed E-state index contributed by atoms with van der Waals surface area (Å²) in [6.45, 7) is 0. The molecule has 0 radical (unpaired) electrons. The van der Waals surface area contributed by atoms with E-state index in [0.717, 1.165) is 36.5 Å². The van der Waals surface area contributed by atoms with Crippen molar-refractivity contribution in [2.24, 2.45) is 0 Å². The molecule has 27 heavy (non-hydrogen) atoms. The summed E-state index contributed by atoms with van der Waals surface area (Å²) in [5.41, 5.74) is 1.15. The molecule has 0 spiro atoms. The van der Waals surface area contributed by atoms with Crippen LogP contribution in [0.3, 0.4) is 0 Å². The van der Waals surface area contributed by atoms with Gasteiger partial charge in [-0.05, 0) is 60.0 Å². The van der Waals surface area contributed by atoms with Crippen molar-refractivity contribution in [3.05, 3.63) is 72.3 Å². The third kappa shape index (κ3) is 3.60. The van der Waals surface area contributed by atoms with Crippen LogP contribution in [0.5, 0.6) is 0 Å². The molecule has 1 saturated carbocycles. The zero-order chi connectivity index (χ0) is 18.9. The van der Waals surface area contributed by atoms with Crippen molar-refractivity contribution in [2.75, 3.05) is 5.32 Å². The summed E-state index contributed by atoms with van der Waals surface area (Å²) in [5, 5.41) is 4.65. The zero-order valence-electron chi connectivity index (χ0n) is 14.9. The highest BCUT2D eigenvalue weighted by atomic mass is 32.2. The molecule has 0 saturated heterocycles. The standard InChI is InChI=1S/C22H21NO3S/c24-22(18-10-9-16-5-1-2-6-17(16)15-18)23-19-11-13-21(14-12-19)27(25,26)20-7-3-4-8-20/h1-2,5-6,9-15,20H,3-4,7-8H2,(H,23,24). The first-order valence-corrected chi connectivity index (χ1v) is 10.7. The summed E-state index contributed by atoms with van der Waals surface area (Å²) < 4.78 is 25.3. The molecular formula is C22H21NO3S. The summed E-state index contributed by atoms with van der Waals surface area (Å²) >= 11 is 0. The molecular weight excluding hydrogens is 358 g/mol. The molecule has 5 heteroatoms. The molecule has 3 aromatic carbocycles. The van der Waals surface area contributed by atoms with E-state index in [0.29, 0.717) is 16.1 Å². The fourth-order valence-corrected chi connectivity index (χ4v) is 5.51. The van der Waals surface area contributed by atoms with Gasteiger partial charge in [-0.2, -0.15) is 0 Å². The number of amides is 1. The summed E-state index contributed by atoms with van der Waals surface area (Å²) in [6.07, 6.45) is 3.43. The molecule has 4 rings (SSSR count). The fraction of sp³-hybridized carbons (Fsp3) is 0.227. The number of nitrogens with one attached hydrogen (secondary N) is 1. The second kappa shape index (κ2) is 7.16. The van der Waals surface area contributed by atoms with Crippen LogP contribution in [0.1, 0.15) is 36.0 Å². The average molecular weight is 379 g/mol. The lowest BCUT2D eigenvalue weighted by Gasteiger charge is -2.12. The number of hydrogen-bond acceptors (Lipinski definition) is 3. The van der Waals surface area contributed by atoms with E-state index in [4.69, 9.17) is 0 Å². The Kier molecular flexibility index (Phi) is 4.70. The summed E-state index contributed by atoms with van der Waals surface area (Å²) in [5.74, 6) is -0.216. The van der Waals surface area contributed by atoms with E-state index >= 15 is 0 Å². The Morgan fingerprint density at radius 1 is 0.852 bits per heavy atom. The van der Waals surface area contributed by atoms with Gasteiger partial charge in [0, 0.05) is 11.3 Å². The summed E-state index contributed by atoms with van der Waals surface area (Å²) in [4.78, 5) is 12.9. The van der Waals surface area contributed by atoms with Crippen LogP contribution in [0.15, 0.2) is 71.6 Å². The topological polar surface area (TPSA) is 63.2 Å². The fourth-order valence-electron chi connectivity index (χ4n) is 3.65. The van der Waals surface area contributed by atoms with Crippen molar-refractivity contribution in [3.63, 3.8) is 0 Å². The number of sulfone groups is 1. The van der Waals surface area contributed by atoms with E-state index < -0.39 is 9.84 Å². The molecule has 1 N–H and O–H groups in total. The van der Waals surface area contributed by atoms with Gasteiger partial charge in [-0.3, -0.25) is 4.79 Å². The van der Waals surface area contributed by atoms with Crippen LogP contribution in [0.25, 0.3) is 10.8 Å². The highest BCUT2D eigenvalue weighted by Gasteiger charge is 2.30. The van der Waals surface area contributed by atoms with E-state index in [9.17, 15) is 13.2 Å². The largest absolute Gasteiger partial charge is 0.322 e. The molecule has 3 aromatic rings. The molecule has 0 aromatic heterocycles. The van der Waals surface area contributed by atoms with Gasteiger partial charge in [0.2, 0.25) is 0 Å². The van der Waals surface area contributed by atoms with Crippen LogP contribution >= 0.6 is 0 Å². The second-order valence-electron chi connectivity index (χ2n) is 6.99. The summed E-state index contributed by atoms with van der Waals surface area (Å²) in [6, 6.07) is 19.9. The molecule has 0 atom stereocenters. The van der Waals surface area contributed by atoms with E-state index in [1.54, 1.807) is 30.3 Å². The third-order valence-electron chi connectivity index (χ3n) is 5.19. The van der Waals surface area contributed by atoms with Gasteiger partial charge in [0.1, 0.15) is 0 Å². The highest BCUT2D eigenvalue weighted by Crippen LogP contribution is 2.30. The first-order valence-electron chi connectivity index (χ1n) is 9.18. The van der Waals surface area contributed by atoms with Crippen molar-refractivity contribution < 1.29 is 13.2 Å². The zero-order valence-corrected chi connectivity index (χ0v) is 15.7. The number of rotatable bonds is 4. The van der Waals surface area contributed by atoms with Gasteiger partial charge in [-0.15, -0.1) is 0 Å². The lowest BCUT2D eigenvalue weighted by molar-refractivity contribution is 0.102. The van der Waals surface area contributed by atoms with Gasteiger partial charge in [0.15, 0.2) is 9.84 Å². The molecule has 1 aliphatic rings. The minimum absolute atomic E-state index is 0.216. The minimum Gasteiger partial charge on any atom is -0.322 e. The Morgan fingerprint density at radius 3 is 2.22 bits per heavy atom. The molecule has 0 bridgehead atoms. The first-order chi connectivity index (χ1) is 13.0. The maximum atomic E-state index is 12.6. The van der Waals surface area contributed by atoms with Crippen LogP contribution in [-0.2, 0) is 9.84 Å². The maximum absolute atomic E-state index is 12.6. The minimum atomic E-state index is -3.27. The molecule has 0 aliphatic heterocycles. The Morgan fingerprint density at radius 2 is 1.52 bits per heavy atom. The SMILES string of the molecule is O=C(Nc1ccc(S(=O)(=O)C2CCCC2)cc1)c1ccc2ccccc2c1. The van der Waals surface area contributed by atoms with Gasteiger partial charge in [-0.25, -0.2) is 8.42 Å².